The Morgan fingerprint density at radius 2 is 1.96 bits per heavy atom. The van der Waals surface area contributed by atoms with Crippen molar-refractivity contribution in [1.29, 1.82) is 0 Å². The summed E-state index contributed by atoms with van der Waals surface area (Å²) in [5, 5.41) is 0.505. The van der Waals surface area contributed by atoms with Gasteiger partial charge in [-0.2, -0.15) is 0 Å². The zero-order chi connectivity index (χ0) is 16.2. The molecular formula is C17H19ClN4O. The second-order valence-corrected chi connectivity index (χ2v) is 6.04. The number of carbonyl (C=O) groups is 1. The smallest absolute Gasteiger partial charge is 0.255 e. The maximum Gasteiger partial charge on any atom is 0.255 e. The van der Waals surface area contributed by atoms with Gasteiger partial charge in [-0.15, -0.1) is 0 Å². The lowest BCUT2D eigenvalue weighted by molar-refractivity contribution is 0.0767. The van der Waals surface area contributed by atoms with E-state index in [2.05, 4.69) is 14.9 Å². The highest BCUT2D eigenvalue weighted by molar-refractivity contribution is 6.33. The van der Waals surface area contributed by atoms with Crippen LogP contribution in [0, 0.1) is 6.92 Å². The molecule has 1 aliphatic rings. The van der Waals surface area contributed by atoms with E-state index in [1.165, 1.54) is 0 Å². The molecule has 0 spiro atoms. The molecule has 0 aliphatic carbocycles. The number of amides is 1. The molecular weight excluding hydrogens is 312 g/mol. The number of hydrogen-bond acceptors (Lipinski definition) is 4. The molecule has 1 aliphatic heterocycles. The molecule has 0 N–H and O–H groups in total. The first-order valence-corrected chi connectivity index (χ1v) is 8.10. The van der Waals surface area contributed by atoms with E-state index in [0.717, 1.165) is 37.6 Å². The third-order valence-electron chi connectivity index (χ3n) is 4.00. The first-order valence-electron chi connectivity index (χ1n) is 7.72. The first kappa shape index (κ1) is 15.7. The summed E-state index contributed by atoms with van der Waals surface area (Å²) in [6.07, 6.45) is 2.49. The van der Waals surface area contributed by atoms with Gasteiger partial charge in [0, 0.05) is 37.9 Å². The van der Waals surface area contributed by atoms with E-state index in [9.17, 15) is 4.79 Å². The van der Waals surface area contributed by atoms with Crippen molar-refractivity contribution in [2.75, 3.05) is 31.1 Å². The van der Waals surface area contributed by atoms with Crippen LogP contribution in [-0.4, -0.2) is 47.0 Å². The summed E-state index contributed by atoms with van der Waals surface area (Å²) in [4.78, 5) is 25.2. The predicted octanol–water partition coefficient (Wildman–Crippen LogP) is 2.79. The Balaban J connectivity index is 1.71. The van der Waals surface area contributed by atoms with Gasteiger partial charge < -0.3 is 9.80 Å². The number of rotatable bonds is 2. The predicted molar refractivity (Wildman–Crippen MR) is 91.0 cm³/mol. The molecule has 0 unspecified atom stereocenters. The van der Waals surface area contributed by atoms with Gasteiger partial charge in [-0.25, -0.2) is 9.97 Å². The van der Waals surface area contributed by atoms with Gasteiger partial charge in [0.25, 0.3) is 5.91 Å². The minimum absolute atomic E-state index is 0.00341. The number of benzene rings is 1. The van der Waals surface area contributed by atoms with E-state index in [1.54, 1.807) is 18.5 Å². The standard InChI is InChI=1S/C17H19ClN4O/c1-13-11-16(20-12-19-13)21-7-4-8-22(10-9-21)17(23)14-5-2-3-6-15(14)18/h2-3,5-6,11-12H,4,7-10H2,1H3. The van der Waals surface area contributed by atoms with Crippen molar-refractivity contribution in [3.63, 3.8) is 0 Å². The monoisotopic (exact) mass is 330 g/mol. The van der Waals surface area contributed by atoms with Crippen LogP contribution < -0.4 is 4.90 Å². The van der Waals surface area contributed by atoms with Gasteiger partial charge in [-0.1, -0.05) is 23.7 Å². The Kier molecular flexibility index (Phi) is 4.76. The third kappa shape index (κ3) is 3.62. The fraction of sp³-hybridized carbons (Fsp3) is 0.353. The number of hydrogen-bond donors (Lipinski definition) is 0. The summed E-state index contributed by atoms with van der Waals surface area (Å²) < 4.78 is 0. The second kappa shape index (κ2) is 6.96. The zero-order valence-corrected chi connectivity index (χ0v) is 13.8. The van der Waals surface area contributed by atoms with E-state index in [-0.39, 0.29) is 5.91 Å². The Morgan fingerprint density at radius 1 is 1.13 bits per heavy atom. The summed E-state index contributed by atoms with van der Waals surface area (Å²) in [5.41, 5.74) is 1.52. The Hall–Kier alpha value is -2.14. The molecule has 0 radical (unpaired) electrons. The molecule has 1 amide bonds. The van der Waals surface area contributed by atoms with Crippen molar-refractivity contribution in [1.82, 2.24) is 14.9 Å². The van der Waals surface area contributed by atoms with Crippen LogP contribution in [0.3, 0.4) is 0 Å². The molecule has 0 saturated carbocycles. The van der Waals surface area contributed by atoms with Crippen LogP contribution in [0.4, 0.5) is 5.82 Å². The quantitative estimate of drug-likeness (QED) is 0.849. The van der Waals surface area contributed by atoms with Crippen LogP contribution >= 0.6 is 11.6 Å². The molecule has 120 valence electrons. The Bertz CT molecular complexity index is 706. The van der Waals surface area contributed by atoms with Crippen LogP contribution in [0.1, 0.15) is 22.5 Å². The number of anilines is 1. The highest BCUT2D eigenvalue weighted by Gasteiger charge is 2.22. The fourth-order valence-electron chi connectivity index (χ4n) is 2.77. The number of carbonyl (C=O) groups excluding carboxylic acids is 1. The van der Waals surface area contributed by atoms with E-state index >= 15 is 0 Å². The molecule has 0 atom stereocenters. The van der Waals surface area contributed by atoms with Crippen LogP contribution in [0.5, 0.6) is 0 Å². The normalized spacial score (nSPS) is 15.4. The van der Waals surface area contributed by atoms with Crippen molar-refractivity contribution in [2.45, 2.75) is 13.3 Å². The molecule has 1 aromatic carbocycles. The van der Waals surface area contributed by atoms with E-state index in [1.807, 2.05) is 30.0 Å². The molecule has 1 aromatic heterocycles. The van der Waals surface area contributed by atoms with Gasteiger partial charge in [-0.05, 0) is 25.5 Å². The second-order valence-electron chi connectivity index (χ2n) is 5.63. The summed E-state index contributed by atoms with van der Waals surface area (Å²) in [6, 6.07) is 9.18. The maximum atomic E-state index is 12.7. The van der Waals surface area contributed by atoms with Gasteiger partial charge in [0.05, 0.1) is 10.6 Å². The molecule has 23 heavy (non-hydrogen) atoms. The molecule has 1 saturated heterocycles. The van der Waals surface area contributed by atoms with E-state index < -0.39 is 0 Å². The molecule has 6 heteroatoms. The highest BCUT2D eigenvalue weighted by Crippen LogP contribution is 2.19. The molecule has 2 heterocycles. The van der Waals surface area contributed by atoms with Crippen molar-refractivity contribution < 1.29 is 4.79 Å². The number of aryl methyl sites for hydroxylation is 1. The van der Waals surface area contributed by atoms with Crippen LogP contribution in [0.25, 0.3) is 0 Å². The Morgan fingerprint density at radius 3 is 2.74 bits per heavy atom. The number of aromatic nitrogens is 2. The molecule has 5 nitrogen and oxygen atoms in total. The SMILES string of the molecule is Cc1cc(N2CCCN(C(=O)c3ccccc3Cl)CC2)ncn1. The number of nitrogens with zero attached hydrogens (tertiary/aromatic N) is 4. The van der Waals surface area contributed by atoms with Crippen LogP contribution in [-0.2, 0) is 0 Å². The topological polar surface area (TPSA) is 49.3 Å². The van der Waals surface area contributed by atoms with Crippen molar-refractivity contribution >= 4 is 23.3 Å². The van der Waals surface area contributed by atoms with Crippen molar-refractivity contribution in [3.8, 4) is 0 Å². The highest BCUT2D eigenvalue weighted by atomic mass is 35.5. The summed E-state index contributed by atoms with van der Waals surface area (Å²) >= 11 is 6.15. The maximum absolute atomic E-state index is 12.7. The van der Waals surface area contributed by atoms with E-state index in [4.69, 9.17) is 11.6 Å². The summed E-state index contributed by atoms with van der Waals surface area (Å²) in [7, 11) is 0. The van der Waals surface area contributed by atoms with Crippen LogP contribution in [0.15, 0.2) is 36.7 Å². The van der Waals surface area contributed by atoms with Gasteiger partial charge in [0.1, 0.15) is 12.1 Å². The van der Waals surface area contributed by atoms with Crippen molar-refractivity contribution in [3.05, 3.63) is 52.9 Å². The number of halogens is 1. The fourth-order valence-corrected chi connectivity index (χ4v) is 2.98. The minimum atomic E-state index is -0.00341. The van der Waals surface area contributed by atoms with Gasteiger partial charge in [-0.3, -0.25) is 4.79 Å². The largest absolute Gasteiger partial charge is 0.355 e. The minimum Gasteiger partial charge on any atom is -0.355 e. The molecule has 2 aromatic rings. The average Bonchev–Trinajstić information content (AvgIpc) is 2.81. The summed E-state index contributed by atoms with van der Waals surface area (Å²) in [5.74, 6) is 0.917. The zero-order valence-electron chi connectivity index (χ0n) is 13.1. The van der Waals surface area contributed by atoms with Gasteiger partial charge >= 0.3 is 0 Å². The molecule has 3 rings (SSSR count). The van der Waals surface area contributed by atoms with Gasteiger partial charge in [0.15, 0.2) is 0 Å². The average molecular weight is 331 g/mol. The Labute approximate surface area is 140 Å². The molecule has 0 bridgehead atoms. The lowest BCUT2D eigenvalue weighted by Crippen LogP contribution is -2.35. The molecule has 1 fully saturated rings. The lowest BCUT2D eigenvalue weighted by atomic mass is 10.2. The summed E-state index contributed by atoms with van der Waals surface area (Å²) in [6.45, 7) is 4.98. The van der Waals surface area contributed by atoms with Crippen LogP contribution in [0.2, 0.25) is 5.02 Å². The third-order valence-corrected chi connectivity index (χ3v) is 4.33. The van der Waals surface area contributed by atoms with E-state index in [0.29, 0.717) is 17.1 Å². The van der Waals surface area contributed by atoms with Crippen molar-refractivity contribution in [2.24, 2.45) is 0 Å². The van der Waals surface area contributed by atoms with Gasteiger partial charge in [0.2, 0.25) is 0 Å². The lowest BCUT2D eigenvalue weighted by Gasteiger charge is -2.23. The first-order chi connectivity index (χ1) is 11.1.